The Morgan fingerprint density at radius 1 is 1.37 bits per heavy atom. The molecule has 7 nitrogen and oxygen atoms in total. The van der Waals surface area contributed by atoms with Crippen molar-refractivity contribution in [3.05, 3.63) is 5.01 Å². The van der Waals surface area contributed by atoms with Gasteiger partial charge in [0.1, 0.15) is 10.5 Å². The molecule has 0 fully saturated rings. The summed E-state index contributed by atoms with van der Waals surface area (Å²) in [5.74, 6) is -1.06. The quantitative estimate of drug-likeness (QED) is 0.740. The number of nitrogens with one attached hydrogen (secondary N) is 2. The van der Waals surface area contributed by atoms with E-state index in [9.17, 15) is 9.59 Å². The standard InChI is InChI=1S/C11H18N4O3S/c1-4-6-11(3,8(16)17)13-9(18)12-10-15-14-7(5-2)19-10/h4-6H2,1-3H3,(H,16,17)(H2,12,13,15,18). The second-order valence-corrected chi connectivity index (χ2v) is 5.38. The molecule has 1 atom stereocenters. The van der Waals surface area contributed by atoms with Crippen LogP contribution in [0.4, 0.5) is 9.93 Å². The Balaban J connectivity index is 2.65. The Morgan fingerprint density at radius 3 is 2.53 bits per heavy atom. The van der Waals surface area contributed by atoms with Gasteiger partial charge in [0.05, 0.1) is 0 Å². The van der Waals surface area contributed by atoms with Crippen molar-refractivity contribution in [1.29, 1.82) is 0 Å². The molecule has 0 aliphatic carbocycles. The summed E-state index contributed by atoms with van der Waals surface area (Å²) in [6.07, 6.45) is 1.75. The van der Waals surface area contributed by atoms with Crippen molar-refractivity contribution >= 4 is 28.5 Å². The minimum atomic E-state index is -1.28. The largest absolute Gasteiger partial charge is 0.480 e. The number of carbonyl (C=O) groups is 2. The van der Waals surface area contributed by atoms with Crippen LogP contribution in [0.3, 0.4) is 0 Å². The lowest BCUT2D eigenvalue weighted by molar-refractivity contribution is -0.143. The molecule has 0 aliphatic rings. The molecule has 1 heterocycles. The van der Waals surface area contributed by atoms with Crippen molar-refractivity contribution in [2.45, 2.75) is 45.6 Å². The average Bonchev–Trinajstić information content (AvgIpc) is 2.76. The number of anilines is 1. The molecule has 0 spiro atoms. The number of amides is 2. The topological polar surface area (TPSA) is 104 Å². The van der Waals surface area contributed by atoms with E-state index in [0.29, 0.717) is 18.0 Å². The maximum Gasteiger partial charge on any atom is 0.329 e. The fourth-order valence-electron chi connectivity index (χ4n) is 1.55. The highest BCUT2D eigenvalue weighted by Gasteiger charge is 2.34. The summed E-state index contributed by atoms with van der Waals surface area (Å²) in [5.41, 5.74) is -1.28. The van der Waals surface area contributed by atoms with Crippen LogP contribution in [0, 0.1) is 0 Å². The molecular weight excluding hydrogens is 268 g/mol. The van der Waals surface area contributed by atoms with E-state index in [-0.39, 0.29) is 0 Å². The van der Waals surface area contributed by atoms with Crippen molar-refractivity contribution in [3.8, 4) is 0 Å². The van der Waals surface area contributed by atoms with E-state index >= 15 is 0 Å². The van der Waals surface area contributed by atoms with E-state index in [1.54, 1.807) is 0 Å². The van der Waals surface area contributed by atoms with E-state index in [0.717, 1.165) is 11.4 Å². The van der Waals surface area contributed by atoms with E-state index in [1.807, 2.05) is 13.8 Å². The van der Waals surface area contributed by atoms with Crippen LogP contribution in [0.15, 0.2) is 0 Å². The van der Waals surface area contributed by atoms with Gasteiger partial charge in [0, 0.05) is 0 Å². The highest BCUT2D eigenvalue weighted by molar-refractivity contribution is 7.15. The van der Waals surface area contributed by atoms with E-state index < -0.39 is 17.5 Å². The number of hydrogen-bond acceptors (Lipinski definition) is 5. The van der Waals surface area contributed by atoms with Crippen molar-refractivity contribution in [2.75, 3.05) is 5.32 Å². The minimum absolute atomic E-state index is 0.353. The summed E-state index contributed by atoms with van der Waals surface area (Å²) >= 11 is 1.27. The van der Waals surface area contributed by atoms with Crippen LogP contribution >= 0.6 is 11.3 Å². The first-order chi connectivity index (χ1) is 8.91. The van der Waals surface area contributed by atoms with Gasteiger partial charge >= 0.3 is 12.0 Å². The summed E-state index contributed by atoms with van der Waals surface area (Å²) < 4.78 is 0. The van der Waals surface area contributed by atoms with Crippen LogP contribution in [0.2, 0.25) is 0 Å². The summed E-state index contributed by atoms with van der Waals surface area (Å²) in [6.45, 7) is 5.28. The van der Waals surface area contributed by atoms with Crippen LogP contribution in [-0.2, 0) is 11.2 Å². The fourth-order valence-corrected chi connectivity index (χ4v) is 2.22. The van der Waals surface area contributed by atoms with E-state index in [2.05, 4.69) is 20.8 Å². The molecule has 0 aromatic carbocycles. The average molecular weight is 286 g/mol. The van der Waals surface area contributed by atoms with Crippen LogP contribution < -0.4 is 10.6 Å². The van der Waals surface area contributed by atoms with Gasteiger partial charge in [-0.25, -0.2) is 9.59 Å². The number of aryl methyl sites for hydroxylation is 1. The number of aromatic nitrogens is 2. The van der Waals surface area contributed by atoms with E-state index in [4.69, 9.17) is 5.11 Å². The molecule has 19 heavy (non-hydrogen) atoms. The SMILES string of the molecule is CCCC(C)(NC(=O)Nc1nnc(CC)s1)C(=O)O. The Bertz CT molecular complexity index is 463. The summed E-state index contributed by atoms with van der Waals surface area (Å²) in [7, 11) is 0. The summed E-state index contributed by atoms with van der Waals surface area (Å²) in [5, 5.41) is 22.9. The lowest BCUT2D eigenvalue weighted by Gasteiger charge is -2.25. The van der Waals surface area contributed by atoms with Crippen LogP contribution in [-0.4, -0.2) is 32.8 Å². The highest BCUT2D eigenvalue weighted by Crippen LogP contribution is 2.16. The number of urea groups is 1. The molecule has 1 unspecified atom stereocenters. The molecule has 3 N–H and O–H groups in total. The maximum absolute atomic E-state index is 11.8. The molecular formula is C11H18N4O3S. The first-order valence-electron chi connectivity index (χ1n) is 6.06. The number of hydrogen-bond donors (Lipinski definition) is 3. The van der Waals surface area contributed by atoms with Gasteiger partial charge in [-0.3, -0.25) is 5.32 Å². The van der Waals surface area contributed by atoms with Crippen LogP contribution in [0.25, 0.3) is 0 Å². The van der Waals surface area contributed by atoms with Gasteiger partial charge in [-0.15, -0.1) is 10.2 Å². The minimum Gasteiger partial charge on any atom is -0.480 e. The number of rotatable bonds is 6. The third kappa shape index (κ3) is 4.16. The third-order valence-electron chi connectivity index (χ3n) is 2.60. The number of carboxylic acid groups (broad SMARTS) is 1. The molecule has 0 saturated heterocycles. The number of carboxylic acids is 1. The first kappa shape index (κ1) is 15.4. The number of aliphatic carboxylic acids is 1. The fraction of sp³-hybridized carbons (Fsp3) is 0.636. The second kappa shape index (κ2) is 6.46. The summed E-state index contributed by atoms with van der Waals surface area (Å²) in [6, 6.07) is -0.586. The zero-order valence-corrected chi connectivity index (χ0v) is 12.0. The predicted molar refractivity (Wildman–Crippen MR) is 72.4 cm³/mol. The van der Waals surface area contributed by atoms with Crippen LogP contribution in [0.5, 0.6) is 0 Å². The monoisotopic (exact) mass is 286 g/mol. The number of nitrogens with zero attached hydrogens (tertiary/aromatic N) is 2. The Hall–Kier alpha value is -1.70. The predicted octanol–water partition coefficient (Wildman–Crippen LogP) is 1.87. The normalized spacial score (nSPS) is 13.6. The van der Waals surface area contributed by atoms with Crippen LogP contribution in [0.1, 0.15) is 38.6 Å². The zero-order valence-electron chi connectivity index (χ0n) is 11.2. The smallest absolute Gasteiger partial charge is 0.329 e. The molecule has 8 heteroatoms. The molecule has 1 rings (SSSR count). The Morgan fingerprint density at radius 2 is 2.05 bits per heavy atom. The molecule has 2 amide bonds. The second-order valence-electron chi connectivity index (χ2n) is 4.32. The van der Waals surface area contributed by atoms with Gasteiger partial charge in [0.25, 0.3) is 0 Å². The first-order valence-corrected chi connectivity index (χ1v) is 6.88. The highest BCUT2D eigenvalue weighted by atomic mass is 32.1. The van der Waals surface area contributed by atoms with Gasteiger partial charge < -0.3 is 10.4 Å². The Kier molecular flexibility index (Phi) is 5.22. The molecule has 0 bridgehead atoms. The lowest BCUT2D eigenvalue weighted by atomic mass is 9.97. The molecule has 1 aromatic heterocycles. The molecule has 0 aliphatic heterocycles. The van der Waals surface area contributed by atoms with Crippen molar-refractivity contribution in [2.24, 2.45) is 0 Å². The van der Waals surface area contributed by atoms with Crippen molar-refractivity contribution in [3.63, 3.8) is 0 Å². The lowest BCUT2D eigenvalue weighted by Crippen LogP contribution is -2.53. The van der Waals surface area contributed by atoms with Crippen molar-refractivity contribution < 1.29 is 14.7 Å². The van der Waals surface area contributed by atoms with Gasteiger partial charge in [-0.2, -0.15) is 0 Å². The molecule has 1 aromatic rings. The number of carbonyl (C=O) groups excluding carboxylic acids is 1. The molecule has 0 saturated carbocycles. The van der Waals surface area contributed by atoms with Gasteiger partial charge in [0.2, 0.25) is 5.13 Å². The molecule has 106 valence electrons. The van der Waals surface area contributed by atoms with Gasteiger partial charge in [-0.1, -0.05) is 31.6 Å². The zero-order chi connectivity index (χ0) is 14.5. The maximum atomic E-state index is 11.8. The third-order valence-corrected chi connectivity index (χ3v) is 3.58. The molecule has 0 radical (unpaired) electrons. The van der Waals surface area contributed by atoms with Gasteiger partial charge in [0.15, 0.2) is 0 Å². The van der Waals surface area contributed by atoms with Gasteiger partial charge in [-0.05, 0) is 19.8 Å². The van der Waals surface area contributed by atoms with Crippen molar-refractivity contribution in [1.82, 2.24) is 15.5 Å². The van der Waals surface area contributed by atoms with E-state index in [1.165, 1.54) is 18.3 Å². The Labute approximate surface area is 115 Å². The summed E-state index contributed by atoms with van der Waals surface area (Å²) in [4.78, 5) is 22.9.